The van der Waals surface area contributed by atoms with Gasteiger partial charge in [0.05, 0.1) is 35.1 Å². The number of carboxylic acid groups (broad SMARTS) is 1. The molecule has 4 rings (SSSR count). The average Bonchev–Trinajstić information content (AvgIpc) is 2.73. The van der Waals surface area contributed by atoms with Crippen LogP contribution in [0, 0.1) is 0 Å². The molecule has 0 spiro atoms. The number of fused-ring (bicyclic) bond motifs is 1. The smallest absolute Gasteiger partial charge is 0.335 e. The lowest BCUT2D eigenvalue weighted by atomic mass is 10.0. The van der Waals surface area contributed by atoms with E-state index in [9.17, 15) is 9.90 Å². The van der Waals surface area contributed by atoms with Crippen LogP contribution in [0.15, 0.2) is 72.8 Å². The molecule has 0 saturated heterocycles. The summed E-state index contributed by atoms with van der Waals surface area (Å²) in [6.07, 6.45) is 0. The number of carboxylic acids is 1. The van der Waals surface area contributed by atoms with Gasteiger partial charge in [0.1, 0.15) is 5.75 Å². The lowest BCUT2D eigenvalue weighted by Crippen LogP contribution is -1.99. The van der Waals surface area contributed by atoms with Gasteiger partial charge in [-0.15, -0.1) is 0 Å². The molecule has 3 aromatic carbocycles. The molecular formula is C22H16N2O3. The Morgan fingerprint density at radius 1 is 0.815 bits per heavy atom. The Morgan fingerprint density at radius 2 is 1.52 bits per heavy atom. The lowest BCUT2D eigenvalue weighted by molar-refractivity contribution is 0.0697. The molecule has 5 nitrogen and oxygen atoms in total. The molecule has 0 amide bonds. The third kappa shape index (κ3) is 3.22. The summed E-state index contributed by atoms with van der Waals surface area (Å²) in [6.45, 7) is 0. The largest absolute Gasteiger partial charge is 0.497 e. The van der Waals surface area contributed by atoms with Gasteiger partial charge in [-0.25, -0.2) is 14.8 Å². The Kier molecular flexibility index (Phi) is 4.26. The van der Waals surface area contributed by atoms with Crippen molar-refractivity contribution in [2.45, 2.75) is 0 Å². The van der Waals surface area contributed by atoms with Crippen molar-refractivity contribution in [1.82, 2.24) is 9.97 Å². The van der Waals surface area contributed by atoms with E-state index in [1.807, 2.05) is 54.6 Å². The van der Waals surface area contributed by atoms with Gasteiger partial charge >= 0.3 is 5.97 Å². The van der Waals surface area contributed by atoms with Crippen LogP contribution in [0.4, 0.5) is 0 Å². The van der Waals surface area contributed by atoms with Gasteiger partial charge in [-0.05, 0) is 30.3 Å². The van der Waals surface area contributed by atoms with Gasteiger partial charge in [0.2, 0.25) is 0 Å². The predicted octanol–water partition coefficient (Wildman–Crippen LogP) is 4.67. The van der Waals surface area contributed by atoms with E-state index in [0.29, 0.717) is 22.5 Å². The fraction of sp³-hybridized carbons (Fsp3) is 0.0455. The van der Waals surface area contributed by atoms with Crippen LogP contribution in [0.2, 0.25) is 0 Å². The molecule has 0 aliphatic rings. The van der Waals surface area contributed by atoms with Crippen LogP contribution in [0.3, 0.4) is 0 Å². The Balaban J connectivity index is 2.01. The first-order valence-electron chi connectivity index (χ1n) is 8.40. The number of hydrogen-bond acceptors (Lipinski definition) is 4. The van der Waals surface area contributed by atoms with E-state index in [4.69, 9.17) is 14.7 Å². The molecule has 0 aliphatic carbocycles. The van der Waals surface area contributed by atoms with Crippen LogP contribution < -0.4 is 4.74 Å². The van der Waals surface area contributed by atoms with Crippen LogP contribution in [0.5, 0.6) is 5.75 Å². The highest BCUT2D eigenvalue weighted by molar-refractivity contribution is 5.94. The van der Waals surface area contributed by atoms with Crippen LogP contribution in [-0.4, -0.2) is 28.2 Å². The third-order valence-corrected chi connectivity index (χ3v) is 4.30. The summed E-state index contributed by atoms with van der Waals surface area (Å²) < 4.78 is 5.33. The van der Waals surface area contributed by atoms with Crippen molar-refractivity contribution in [2.24, 2.45) is 0 Å². The summed E-state index contributed by atoms with van der Waals surface area (Å²) in [4.78, 5) is 20.8. The zero-order chi connectivity index (χ0) is 18.8. The maximum absolute atomic E-state index is 11.3. The zero-order valence-electron chi connectivity index (χ0n) is 14.6. The normalized spacial score (nSPS) is 10.7. The topological polar surface area (TPSA) is 72.3 Å². The van der Waals surface area contributed by atoms with E-state index in [0.717, 1.165) is 16.8 Å². The number of rotatable bonds is 4. The fourth-order valence-corrected chi connectivity index (χ4v) is 2.96. The number of carbonyl (C=O) groups is 1. The van der Waals surface area contributed by atoms with E-state index in [1.165, 1.54) is 0 Å². The number of nitrogens with zero attached hydrogens (tertiary/aromatic N) is 2. The standard InChI is InChI=1S/C22H16N2O3/c1-27-17-9-5-8-15(12-17)21-20(14-6-3-2-4-7-14)23-18-11-10-16(22(25)26)13-19(18)24-21/h2-13H,1H3,(H,25,26). The molecule has 4 aromatic rings. The minimum absolute atomic E-state index is 0.181. The molecule has 1 N–H and O–H groups in total. The minimum atomic E-state index is -0.992. The van der Waals surface area contributed by atoms with Crippen molar-refractivity contribution in [3.05, 3.63) is 78.4 Å². The molecule has 0 bridgehead atoms. The van der Waals surface area contributed by atoms with Gasteiger partial charge in [-0.3, -0.25) is 0 Å². The number of hydrogen-bond donors (Lipinski definition) is 1. The maximum Gasteiger partial charge on any atom is 0.335 e. The molecule has 0 aliphatic heterocycles. The third-order valence-electron chi connectivity index (χ3n) is 4.30. The summed E-state index contributed by atoms with van der Waals surface area (Å²) in [5, 5.41) is 9.27. The number of benzene rings is 3. The monoisotopic (exact) mass is 356 g/mol. The molecule has 0 fully saturated rings. The Morgan fingerprint density at radius 3 is 2.26 bits per heavy atom. The average molecular weight is 356 g/mol. The van der Waals surface area contributed by atoms with E-state index in [2.05, 4.69) is 0 Å². The summed E-state index contributed by atoms with van der Waals surface area (Å²) in [7, 11) is 1.61. The highest BCUT2D eigenvalue weighted by Gasteiger charge is 2.15. The molecule has 0 unspecified atom stereocenters. The molecule has 132 valence electrons. The summed E-state index contributed by atoms with van der Waals surface area (Å²) in [5.74, 6) is -0.276. The van der Waals surface area contributed by atoms with Crippen LogP contribution in [-0.2, 0) is 0 Å². The first kappa shape index (κ1) is 16.7. The molecule has 0 atom stereocenters. The highest BCUT2D eigenvalue weighted by atomic mass is 16.5. The zero-order valence-corrected chi connectivity index (χ0v) is 14.6. The fourth-order valence-electron chi connectivity index (χ4n) is 2.96. The van der Waals surface area contributed by atoms with Crippen molar-refractivity contribution in [2.75, 3.05) is 7.11 Å². The second kappa shape index (κ2) is 6.88. The van der Waals surface area contributed by atoms with Gasteiger partial charge in [-0.1, -0.05) is 42.5 Å². The first-order chi connectivity index (χ1) is 13.2. The van der Waals surface area contributed by atoms with Crippen molar-refractivity contribution in [3.8, 4) is 28.3 Å². The number of ether oxygens (including phenoxy) is 1. The molecule has 1 heterocycles. The van der Waals surface area contributed by atoms with Crippen molar-refractivity contribution >= 4 is 17.0 Å². The molecule has 5 heteroatoms. The van der Waals surface area contributed by atoms with Gasteiger partial charge in [0.15, 0.2) is 0 Å². The number of methoxy groups -OCH3 is 1. The quantitative estimate of drug-likeness (QED) is 0.575. The maximum atomic E-state index is 11.3. The second-order valence-electron chi connectivity index (χ2n) is 6.03. The van der Waals surface area contributed by atoms with Crippen molar-refractivity contribution < 1.29 is 14.6 Å². The van der Waals surface area contributed by atoms with Crippen LogP contribution >= 0.6 is 0 Å². The highest BCUT2D eigenvalue weighted by Crippen LogP contribution is 2.32. The molecule has 27 heavy (non-hydrogen) atoms. The summed E-state index contributed by atoms with van der Waals surface area (Å²) in [6, 6.07) is 22.2. The Labute approximate surface area is 155 Å². The van der Waals surface area contributed by atoms with Gasteiger partial charge < -0.3 is 9.84 Å². The van der Waals surface area contributed by atoms with Crippen molar-refractivity contribution in [3.63, 3.8) is 0 Å². The van der Waals surface area contributed by atoms with Crippen LogP contribution in [0.1, 0.15) is 10.4 Å². The van der Waals surface area contributed by atoms with E-state index in [1.54, 1.807) is 25.3 Å². The van der Waals surface area contributed by atoms with Gasteiger partial charge in [0, 0.05) is 11.1 Å². The second-order valence-corrected chi connectivity index (χ2v) is 6.03. The van der Waals surface area contributed by atoms with Crippen LogP contribution in [0.25, 0.3) is 33.5 Å². The number of aromatic nitrogens is 2. The molecule has 0 radical (unpaired) electrons. The molecule has 0 saturated carbocycles. The van der Waals surface area contributed by atoms with E-state index >= 15 is 0 Å². The SMILES string of the molecule is COc1cccc(-c2nc3cc(C(=O)O)ccc3nc2-c2ccccc2)c1. The molecule has 1 aromatic heterocycles. The Hall–Kier alpha value is -3.73. The van der Waals surface area contributed by atoms with Gasteiger partial charge in [-0.2, -0.15) is 0 Å². The number of aromatic carboxylic acids is 1. The lowest BCUT2D eigenvalue weighted by Gasteiger charge is -2.12. The van der Waals surface area contributed by atoms with E-state index < -0.39 is 5.97 Å². The Bertz CT molecular complexity index is 1140. The minimum Gasteiger partial charge on any atom is -0.497 e. The van der Waals surface area contributed by atoms with E-state index in [-0.39, 0.29) is 5.56 Å². The molecular weight excluding hydrogens is 340 g/mol. The predicted molar refractivity (Wildman–Crippen MR) is 104 cm³/mol. The first-order valence-corrected chi connectivity index (χ1v) is 8.40. The summed E-state index contributed by atoms with van der Waals surface area (Å²) >= 11 is 0. The van der Waals surface area contributed by atoms with Crippen molar-refractivity contribution in [1.29, 1.82) is 0 Å². The van der Waals surface area contributed by atoms with Gasteiger partial charge in [0.25, 0.3) is 0 Å². The summed E-state index contributed by atoms with van der Waals surface area (Å²) in [5.41, 5.74) is 4.56.